The third-order valence-electron chi connectivity index (χ3n) is 5.20. The summed E-state index contributed by atoms with van der Waals surface area (Å²) >= 11 is 1.37. The van der Waals surface area contributed by atoms with Gasteiger partial charge in [0.05, 0.1) is 22.8 Å². The highest BCUT2D eigenvalue weighted by atomic mass is 32.2. The van der Waals surface area contributed by atoms with E-state index in [-0.39, 0.29) is 36.0 Å². The summed E-state index contributed by atoms with van der Waals surface area (Å²) in [6.07, 6.45) is 0.400. The number of ether oxygens (including phenoxy) is 1. The number of aromatic nitrogens is 1. The van der Waals surface area contributed by atoms with Crippen molar-refractivity contribution >= 4 is 32.4 Å². The van der Waals surface area contributed by atoms with Gasteiger partial charge in [-0.25, -0.2) is 18.1 Å². The van der Waals surface area contributed by atoms with Crippen LogP contribution in [0.25, 0.3) is 0 Å². The van der Waals surface area contributed by atoms with Gasteiger partial charge < -0.3 is 10.1 Å². The van der Waals surface area contributed by atoms with Gasteiger partial charge in [0.25, 0.3) is 0 Å². The van der Waals surface area contributed by atoms with Crippen LogP contribution >= 0.6 is 11.3 Å². The summed E-state index contributed by atoms with van der Waals surface area (Å²) < 4.78 is 33.7. The lowest BCUT2D eigenvalue weighted by molar-refractivity contribution is -0.116. The molecule has 1 aliphatic rings. The van der Waals surface area contributed by atoms with Gasteiger partial charge in [-0.1, -0.05) is 17.7 Å². The Labute approximate surface area is 194 Å². The predicted molar refractivity (Wildman–Crippen MR) is 126 cm³/mol. The monoisotopic (exact) mass is 480 g/mol. The molecule has 2 aromatic rings. The molecule has 0 saturated carbocycles. The zero-order valence-electron chi connectivity index (χ0n) is 19.3. The van der Waals surface area contributed by atoms with Crippen LogP contribution in [0.15, 0.2) is 22.4 Å². The molecule has 2 heterocycles. The van der Waals surface area contributed by atoms with Crippen LogP contribution in [0.1, 0.15) is 42.7 Å². The Morgan fingerprint density at radius 3 is 2.44 bits per heavy atom. The zero-order valence-corrected chi connectivity index (χ0v) is 20.9. The van der Waals surface area contributed by atoms with Gasteiger partial charge in [-0.2, -0.15) is 0 Å². The number of nitrogens with zero attached hydrogens (tertiary/aromatic N) is 2. The number of hydrogen-bond donors (Lipinski definition) is 2. The molecule has 1 fully saturated rings. The molecule has 2 atom stereocenters. The van der Waals surface area contributed by atoms with E-state index in [0.29, 0.717) is 22.8 Å². The van der Waals surface area contributed by atoms with E-state index in [4.69, 9.17) is 4.74 Å². The highest BCUT2D eigenvalue weighted by molar-refractivity contribution is 7.89. The minimum absolute atomic E-state index is 0.0166. The molecule has 2 unspecified atom stereocenters. The number of aryl methyl sites for hydroxylation is 3. The van der Waals surface area contributed by atoms with Gasteiger partial charge in [0, 0.05) is 38.0 Å². The predicted octanol–water partition coefficient (Wildman–Crippen LogP) is 2.98. The first-order valence-corrected chi connectivity index (χ1v) is 13.1. The largest absolute Gasteiger partial charge is 0.373 e. The molecule has 1 aromatic heterocycles. The number of carbonyl (C=O) groups excluding carboxylic acids is 1. The number of sulfonamides is 1. The molecule has 8 nitrogen and oxygen atoms in total. The second kappa shape index (κ2) is 10.4. The average molecular weight is 481 g/mol. The van der Waals surface area contributed by atoms with Gasteiger partial charge in [-0.05, 0) is 45.7 Å². The molecule has 1 saturated heterocycles. The Balaban J connectivity index is 1.49. The maximum Gasteiger partial charge on any atom is 0.241 e. The maximum absolute atomic E-state index is 12.7. The fraction of sp³-hybridized carbons (Fsp3) is 0.545. The highest BCUT2D eigenvalue weighted by Crippen LogP contribution is 2.22. The minimum Gasteiger partial charge on any atom is -0.373 e. The Bertz CT molecular complexity index is 1030. The van der Waals surface area contributed by atoms with Gasteiger partial charge in [-0.15, -0.1) is 11.3 Å². The number of amides is 1. The minimum atomic E-state index is -3.69. The zero-order chi connectivity index (χ0) is 23.5. The van der Waals surface area contributed by atoms with Gasteiger partial charge in [-0.3, -0.25) is 9.69 Å². The van der Waals surface area contributed by atoms with Crippen molar-refractivity contribution in [3.63, 3.8) is 0 Å². The summed E-state index contributed by atoms with van der Waals surface area (Å²) in [5.41, 5.74) is 3.30. The first-order valence-electron chi connectivity index (χ1n) is 10.7. The second-order valence-corrected chi connectivity index (χ2v) is 11.1. The Hall–Kier alpha value is -1.85. The molecule has 10 heteroatoms. The smallest absolute Gasteiger partial charge is 0.241 e. The molecular weight excluding hydrogens is 448 g/mol. The number of hydrogen-bond acceptors (Lipinski definition) is 7. The molecule has 1 aromatic carbocycles. The lowest BCUT2D eigenvalue weighted by atomic mass is 10.1. The number of morpholine rings is 1. The molecule has 0 radical (unpaired) electrons. The van der Waals surface area contributed by atoms with Gasteiger partial charge >= 0.3 is 0 Å². The van der Waals surface area contributed by atoms with E-state index in [0.717, 1.165) is 24.3 Å². The number of nitrogens with one attached hydrogen (secondary N) is 2. The summed E-state index contributed by atoms with van der Waals surface area (Å²) in [6, 6.07) is 3.68. The molecule has 0 spiro atoms. The molecule has 0 aliphatic carbocycles. The van der Waals surface area contributed by atoms with Crippen molar-refractivity contribution in [2.75, 3.05) is 25.0 Å². The summed E-state index contributed by atoms with van der Waals surface area (Å²) in [6.45, 7) is 12.0. The van der Waals surface area contributed by atoms with Crippen molar-refractivity contribution in [2.24, 2.45) is 0 Å². The van der Waals surface area contributed by atoms with Gasteiger partial charge in [0.2, 0.25) is 15.9 Å². The highest BCUT2D eigenvalue weighted by Gasteiger charge is 2.23. The Kier molecular flexibility index (Phi) is 8.05. The van der Waals surface area contributed by atoms with E-state index >= 15 is 0 Å². The van der Waals surface area contributed by atoms with E-state index in [1.54, 1.807) is 13.8 Å². The molecule has 0 bridgehead atoms. The maximum atomic E-state index is 12.7. The van der Waals surface area contributed by atoms with Crippen molar-refractivity contribution < 1.29 is 17.9 Å². The van der Waals surface area contributed by atoms with Crippen molar-refractivity contribution in [3.05, 3.63) is 39.9 Å². The Morgan fingerprint density at radius 2 is 1.81 bits per heavy atom. The quantitative estimate of drug-likeness (QED) is 0.602. The van der Waals surface area contributed by atoms with Crippen LogP contribution in [-0.4, -0.2) is 56.1 Å². The average Bonchev–Trinajstić information content (AvgIpc) is 3.06. The van der Waals surface area contributed by atoms with Gasteiger partial charge in [0.1, 0.15) is 0 Å². The number of thiazole rings is 1. The van der Waals surface area contributed by atoms with Crippen molar-refractivity contribution in [2.45, 2.75) is 64.7 Å². The van der Waals surface area contributed by atoms with E-state index in [1.807, 2.05) is 24.4 Å². The van der Waals surface area contributed by atoms with E-state index in [9.17, 15) is 13.2 Å². The molecule has 1 aliphatic heterocycles. The van der Waals surface area contributed by atoms with Crippen LogP contribution in [-0.2, 0) is 26.1 Å². The fourth-order valence-corrected chi connectivity index (χ4v) is 6.42. The lowest BCUT2D eigenvalue weighted by Gasteiger charge is -2.34. The van der Waals surface area contributed by atoms with Crippen molar-refractivity contribution in [1.29, 1.82) is 0 Å². The van der Waals surface area contributed by atoms with Crippen molar-refractivity contribution in [3.8, 4) is 0 Å². The van der Waals surface area contributed by atoms with E-state index < -0.39 is 10.0 Å². The van der Waals surface area contributed by atoms with Crippen LogP contribution in [0.2, 0.25) is 0 Å². The van der Waals surface area contributed by atoms with Crippen LogP contribution in [0.3, 0.4) is 0 Å². The molecule has 32 heavy (non-hydrogen) atoms. The third-order valence-corrected chi connectivity index (χ3v) is 7.77. The summed E-state index contributed by atoms with van der Waals surface area (Å²) in [7, 11) is -3.69. The number of carbonyl (C=O) groups is 1. The summed E-state index contributed by atoms with van der Waals surface area (Å²) in [5, 5.41) is 5.22. The number of benzene rings is 1. The SMILES string of the molecule is Cc1cc(C)c(S(=O)(=O)NCCC(=O)Nc2nc(CN3CC(C)OC(C)C3)cs2)c(C)c1. The molecule has 3 rings (SSSR count). The molecule has 2 N–H and O–H groups in total. The first kappa shape index (κ1) is 24.8. The fourth-order valence-electron chi connectivity index (χ4n) is 4.22. The molecule has 176 valence electrons. The number of rotatable bonds is 8. The van der Waals surface area contributed by atoms with Crippen LogP contribution in [0, 0.1) is 20.8 Å². The third kappa shape index (κ3) is 6.58. The lowest BCUT2D eigenvalue weighted by Crippen LogP contribution is -2.44. The van der Waals surface area contributed by atoms with Crippen LogP contribution in [0.5, 0.6) is 0 Å². The Morgan fingerprint density at radius 1 is 1.19 bits per heavy atom. The van der Waals surface area contributed by atoms with Crippen molar-refractivity contribution in [1.82, 2.24) is 14.6 Å². The molecular formula is C22H32N4O4S2. The topological polar surface area (TPSA) is 101 Å². The second-order valence-electron chi connectivity index (χ2n) is 8.52. The first-order chi connectivity index (χ1) is 15.0. The van der Waals surface area contributed by atoms with E-state index in [2.05, 4.69) is 33.8 Å². The normalized spacial score (nSPS) is 19.8. The summed E-state index contributed by atoms with van der Waals surface area (Å²) in [5.74, 6) is -0.278. The van der Waals surface area contributed by atoms with Crippen LogP contribution < -0.4 is 10.0 Å². The standard InChI is InChI=1S/C22H32N4O4S2/c1-14-8-15(2)21(16(3)9-14)32(28,29)23-7-6-20(27)25-22-24-19(13-31-22)12-26-10-17(4)30-18(5)11-26/h8-9,13,17-18,23H,6-7,10-12H2,1-5H3,(H,24,25,27). The van der Waals surface area contributed by atoms with Crippen LogP contribution in [0.4, 0.5) is 5.13 Å². The van der Waals surface area contributed by atoms with E-state index in [1.165, 1.54) is 11.3 Å². The summed E-state index contributed by atoms with van der Waals surface area (Å²) in [4.78, 5) is 19.4. The van der Waals surface area contributed by atoms with Gasteiger partial charge in [0.15, 0.2) is 5.13 Å². The molecule has 1 amide bonds. The number of anilines is 1.